The molecule has 18 nitrogen and oxygen atoms in total. The number of nitrogens with one attached hydrogen (secondary N) is 1. The normalized spacial score (nSPS) is 20.9. The molecule has 3 N–H and O–H groups in total. The van der Waals surface area contributed by atoms with Gasteiger partial charge in [0.2, 0.25) is 0 Å². The van der Waals surface area contributed by atoms with Crippen LogP contribution in [0.15, 0.2) is 113 Å². The molecule has 50 heavy (non-hydrogen) atoms. The van der Waals surface area contributed by atoms with Gasteiger partial charge in [0, 0.05) is 12.3 Å². The van der Waals surface area contributed by atoms with Gasteiger partial charge in [-0.3, -0.25) is 23.4 Å². The summed E-state index contributed by atoms with van der Waals surface area (Å²) in [6, 6.07) is 24.3. The molecule has 0 saturated carbocycles. The van der Waals surface area contributed by atoms with Crippen LogP contribution in [-0.2, 0) is 43.3 Å². The van der Waals surface area contributed by atoms with Crippen LogP contribution in [0.1, 0.15) is 11.8 Å². The first-order chi connectivity index (χ1) is 23.9. The third kappa shape index (κ3) is 10.3. The van der Waals surface area contributed by atoms with Gasteiger partial charge in [0.1, 0.15) is 17.6 Å². The maximum Gasteiger partial charge on any atom is 0.514 e. The number of H-pyrrole nitrogens is 1. The van der Waals surface area contributed by atoms with Gasteiger partial charge in [0.25, 0.3) is 5.56 Å². The number of para-hydroxylation sites is 2. The number of benzene rings is 3. The van der Waals surface area contributed by atoms with Gasteiger partial charge < -0.3 is 33.5 Å². The molecule has 0 spiro atoms. The minimum Gasteiger partial charge on any atom is -0.424 e. The Morgan fingerprint density at radius 2 is 1.26 bits per heavy atom. The average Bonchev–Trinajstić information content (AvgIpc) is 3.39. The van der Waals surface area contributed by atoms with Crippen LogP contribution in [0.25, 0.3) is 0 Å². The molecule has 1 saturated heterocycles. The zero-order valence-corrected chi connectivity index (χ0v) is 27.3. The fourth-order valence-electron chi connectivity index (χ4n) is 4.48. The molecule has 2 heterocycles. The number of aromatic amines is 1. The molecule has 4 aromatic rings. The first-order valence-corrected chi connectivity index (χ1v) is 17.4. The Morgan fingerprint density at radius 3 is 1.82 bits per heavy atom. The van der Waals surface area contributed by atoms with Crippen molar-refractivity contribution in [3.63, 3.8) is 0 Å². The molecule has 1 aromatic heterocycles. The number of phosphoric acid groups is 2. The average molecular weight is 734 g/mol. The monoisotopic (exact) mass is 734 g/mol. The van der Waals surface area contributed by atoms with Crippen molar-refractivity contribution in [2.45, 2.75) is 31.1 Å². The fourth-order valence-corrected chi connectivity index (χ4v) is 6.54. The van der Waals surface area contributed by atoms with Gasteiger partial charge in [-0.15, -0.1) is 0 Å². The summed E-state index contributed by atoms with van der Waals surface area (Å²) in [5.74, 6) is 0.0948. The molecular formula is C30H28N2O16P2. The maximum absolute atomic E-state index is 12.9. The summed E-state index contributed by atoms with van der Waals surface area (Å²) in [7, 11) is -10.6. The minimum absolute atomic E-state index is 0.0426. The van der Waals surface area contributed by atoms with Crippen molar-refractivity contribution < 1.29 is 65.5 Å². The predicted molar refractivity (Wildman–Crippen MR) is 168 cm³/mol. The Labute approximate surface area is 281 Å². The first kappa shape index (κ1) is 36.4. The van der Waals surface area contributed by atoms with E-state index in [-0.39, 0.29) is 11.5 Å². The van der Waals surface area contributed by atoms with Gasteiger partial charge in [-0.1, -0.05) is 66.7 Å². The van der Waals surface area contributed by atoms with Crippen molar-refractivity contribution in [2.24, 2.45) is 0 Å². The molecule has 0 radical (unpaired) electrons. The molecule has 0 bridgehead atoms. The van der Waals surface area contributed by atoms with Crippen LogP contribution in [0.2, 0.25) is 0 Å². The van der Waals surface area contributed by atoms with E-state index in [2.05, 4.69) is 4.31 Å². The first-order valence-electron chi connectivity index (χ1n) is 14.4. The van der Waals surface area contributed by atoms with Gasteiger partial charge in [-0.25, -0.2) is 23.5 Å². The summed E-state index contributed by atoms with van der Waals surface area (Å²) in [4.78, 5) is 72.8. The number of hydrogen-bond acceptors (Lipinski definition) is 14. The zero-order chi connectivity index (χ0) is 35.7. The van der Waals surface area contributed by atoms with E-state index in [9.17, 15) is 38.1 Å². The number of carbonyl (C=O) groups is 2. The maximum atomic E-state index is 12.9. The number of nitrogens with zero attached hydrogens (tertiary/aromatic N) is 1. The van der Waals surface area contributed by atoms with E-state index in [4.69, 9.17) is 32.7 Å². The number of aromatic nitrogens is 2. The number of carbonyl (C=O) groups excluding carboxylic acids is 2. The summed E-state index contributed by atoms with van der Waals surface area (Å²) in [6.07, 6.45) is -8.66. The third-order valence-corrected chi connectivity index (χ3v) is 9.19. The molecule has 6 atom stereocenters. The van der Waals surface area contributed by atoms with Gasteiger partial charge in [-0.2, -0.15) is 4.31 Å². The Bertz CT molecular complexity index is 1980. The molecule has 3 aromatic carbocycles. The molecule has 264 valence electrons. The van der Waals surface area contributed by atoms with Gasteiger partial charge in [0.15, 0.2) is 18.4 Å². The fraction of sp³-hybridized carbons (Fsp3) is 0.200. The second kappa shape index (κ2) is 16.2. The summed E-state index contributed by atoms with van der Waals surface area (Å²) in [6.45, 7) is -1.51. The molecule has 0 aliphatic carbocycles. The van der Waals surface area contributed by atoms with Crippen LogP contribution in [-0.4, -0.2) is 56.6 Å². The van der Waals surface area contributed by atoms with Crippen LogP contribution >= 0.6 is 15.6 Å². The van der Waals surface area contributed by atoms with Gasteiger partial charge >= 0.3 is 33.6 Å². The van der Waals surface area contributed by atoms with Crippen molar-refractivity contribution in [1.29, 1.82) is 0 Å². The zero-order valence-electron chi connectivity index (χ0n) is 25.5. The topological polar surface area (TPSA) is 237 Å². The number of phosphoric ester groups is 2. The quantitative estimate of drug-likeness (QED) is 0.0997. The second-order valence-corrected chi connectivity index (χ2v) is 13.2. The van der Waals surface area contributed by atoms with Gasteiger partial charge in [0.05, 0.1) is 13.2 Å². The van der Waals surface area contributed by atoms with Crippen molar-refractivity contribution in [1.82, 2.24) is 9.55 Å². The van der Waals surface area contributed by atoms with Crippen LogP contribution in [0.4, 0.5) is 9.59 Å². The lowest BCUT2D eigenvalue weighted by Gasteiger charge is -2.24. The molecule has 1 aliphatic heterocycles. The number of hydrogen-bond donors (Lipinski definition) is 3. The van der Waals surface area contributed by atoms with Crippen molar-refractivity contribution in [3.8, 4) is 11.5 Å². The molecule has 1 fully saturated rings. The lowest BCUT2D eigenvalue weighted by atomic mass is 10.1. The largest absolute Gasteiger partial charge is 0.514 e. The highest BCUT2D eigenvalue weighted by molar-refractivity contribution is 7.61. The van der Waals surface area contributed by atoms with Crippen LogP contribution in [0, 0.1) is 0 Å². The Balaban J connectivity index is 1.39. The molecule has 0 amide bonds. The second-order valence-electron chi connectivity index (χ2n) is 10.2. The van der Waals surface area contributed by atoms with Crippen LogP contribution < -0.4 is 20.7 Å². The molecule has 1 aliphatic rings. The predicted octanol–water partition coefficient (Wildman–Crippen LogP) is 4.05. The van der Waals surface area contributed by atoms with E-state index >= 15 is 0 Å². The molecule has 3 unspecified atom stereocenters. The van der Waals surface area contributed by atoms with Crippen LogP contribution in [0.5, 0.6) is 11.5 Å². The highest BCUT2D eigenvalue weighted by Gasteiger charge is 2.52. The molecule has 20 heteroatoms. The van der Waals surface area contributed by atoms with E-state index in [0.29, 0.717) is 5.56 Å². The lowest BCUT2D eigenvalue weighted by molar-refractivity contribution is -0.0605. The molecular weight excluding hydrogens is 706 g/mol. The summed E-state index contributed by atoms with van der Waals surface area (Å²) >= 11 is 0. The van der Waals surface area contributed by atoms with E-state index < -0.39 is 77.0 Å². The Morgan fingerprint density at radius 1 is 0.740 bits per heavy atom. The summed E-state index contributed by atoms with van der Waals surface area (Å²) < 4.78 is 67.2. The van der Waals surface area contributed by atoms with Crippen molar-refractivity contribution >= 4 is 28.0 Å². The SMILES string of the molecule is O=C(Oc1ccccc1)OC1[C@@H](OC(=O)Oc2ccccc2)[C@@H](COP(=O)(O)OP(=O)(O)OCc2ccccc2)O[C@H]1n1ccc(=O)[nH]c1=O. The smallest absolute Gasteiger partial charge is 0.424 e. The number of rotatable bonds is 13. The highest BCUT2D eigenvalue weighted by atomic mass is 31.3. The van der Waals surface area contributed by atoms with Crippen molar-refractivity contribution in [2.75, 3.05) is 6.61 Å². The Hall–Kier alpha value is -4.90. The molecule has 5 rings (SSSR count). The van der Waals surface area contributed by atoms with E-state index in [1.807, 2.05) is 4.98 Å². The third-order valence-electron chi connectivity index (χ3n) is 6.61. The highest BCUT2D eigenvalue weighted by Crippen LogP contribution is 2.61. The Kier molecular flexibility index (Phi) is 11.8. The summed E-state index contributed by atoms with van der Waals surface area (Å²) in [5.41, 5.74) is -1.39. The minimum atomic E-state index is -5.44. The van der Waals surface area contributed by atoms with Crippen molar-refractivity contribution in [3.05, 3.63) is 130 Å². The standard InChI is InChI=1S/C30H28N2O16P2/c33-24-16-17-32(28(34)31-24)27-26(47-30(36)44-22-14-8-3-9-15-22)25(46-29(35)43-21-12-6-2-7-13-21)23(45-27)19-42-50(39,40)48-49(37,38)41-18-20-10-4-1-5-11-20/h1-17,23,25-27H,18-19H2,(H,37,38)(H,39,40)(H,31,33,34)/t23-,25+,26?,27-/m1/s1. The van der Waals surface area contributed by atoms with Crippen LogP contribution in [0.3, 0.4) is 0 Å². The van der Waals surface area contributed by atoms with Gasteiger partial charge in [-0.05, 0) is 29.8 Å². The summed E-state index contributed by atoms with van der Waals surface area (Å²) in [5, 5.41) is 0. The lowest BCUT2D eigenvalue weighted by Crippen LogP contribution is -2.43. The van der Waals surface area contributed by atoms with E-state index in [1.165, 1.54) is 24.3 Å². The van der Waals surface area contributed by atoms with E-state index in [1.54, 1.807) is 66.7 Å². The van der Waals surface area contributed by atoms with E-state index in [0.717, 1.165) is 16.8 Å². The number of ether oxygens (including phenoxy) is 5.